The Labute approximate surface area is 147 Å². The van der Waals surface area contributed by atoms with E-state index < -0.39 is 11.6 Å². The molecule has 0 radical (unpaired) electrons. The van der Waals surface area contributed by atoms with E-state index in [-0.39, 0.29) is 0 Å². The van der Waals surface area contributed by atoms with Gasteiger partial charge in [-0.25, -0.2) is 8.78 Å². The van der Waals surface area contributed by atoms with Gasteiger partial charge in [0, 0.05) is 37.8 Å². The van der Waals surface area contributed by atoms with E-state index >= 15 is 0 Å². The summed E-state index contributed by atoms with van der Waals surface area (Å²) in [6.45, 7) is 4.19. The molecule has 0 amide bonds. The molecule has 1 aliphatic heterocycles. The van der Waals surface area contributed by atoms with Crippen LogP contribution in [-0.2, 0) is 0 Å². The Bertz CT molecular complexity index is 621. The van der Waals surface area contributed by atoms with Crippen molar-refractivity contribution in [3.05, 3.63) is 29.8 Å². The van der Waals surface area contributed by atoms with Gasteiger partial charge in [0.25, 0.3) is 0 Å². The summed E-state index contributed by atoms with van der Waals surface area (Å²) in [4.78, 5) is 6.82. The van der Waals surface area contributed by atoms with Gasteiger partial charge in [-0.2, -0.15) is 0 Å². The number of likely N-dealkylation sites (tertiary alicyclic amines) is 1. The van der Waals surface area contributed by atoms with Gasteiger partial charge in [0.1, 0.15) is 12.4 Å². The molecule has 1 aromatic rings. The molecule has 0 spiro atoms. The molecule has 138 valence electrons. The van der Waals surface area contributed by atoms with E-state index in [9.17, 15) is 8.78 Å². The van der Waals surface area contributed by atoms with Crippen molar-refractivity contribution < 1.29 is 13.5 Å². The molecule has 1 saturated carbocycles. The van der Waals surface area contributed by atoms with Crippen molar-refractivity contribution in [2.24, 2.45) is 4.99 Å². The molecule has 25 heavy (non-hydrogen) atoms. The molecule has 2 N–H and O–H groups in total. The molecule has 2 fully saturated rings. The Morgan fingerprint density at radius 1 is 1.32 bits per heavy atom. The first-order valence-corrected chi connectivity index (χ1v) is 8.87. The van der Waals surface area contributed by atoms with Gasteiger partial charge in [0.15, 0.2) is 17.6 Å². The molecular formula is C18H26F2N4O. The number of rotatable bonds is 6. The van der Waals surface area contributed by atoms with Crippen molar-refractivity contribution in [2.75, 3.05) is 26.7 Å². The zero-order valence-corrected chi connectivity index (χ0v) is 14.8. The molecule has 3 rings (SSSR count). The van der Waals surface area contributed by atoms with Gasteiger partial charge in [0.2, 0.25) is 0 Å². The van der Waals surface area contributed by atoms with Gasteiger partial charge in [-0.3, -0.25) is 9.89 Å². The number of nitrogens with zero attached hydrogens (tertiary/aromatic N) is 2. The van der Waals surface area contributed by atoms with Crippen LogP contribution in [0.15, 0.2) is 23.2 Å². The molecule has 1 aliphatic carbocycles. The van der Waals surface area contributed by atoms with Crippen LogP contribution >= 0.6 is 0 Å². The minimum atomic E-state index is -0.904. The first-order chi connectivity index (χ1) is 12.1. The Morgan fingerprint density at radius 3 is 2.80 bits per heavy atom. The molecule has 2 atom stereocenters. The molecule has 0 bridgehead atoms. The van der Waals surface area contributed by atoms with E-state index in [1.54, 1.807) is 7.05 Å². The number of halogens is 2. The van der Waals surface area contributed by atoms with Gasteiger partial charge < -0.3 is 15.4 Å². The molecule has 1 saturated heterocycles. The minimum absolute atomic E-state index is 0.313. The highest BCUT2D eigenvalue weighted by molar-refractivity contribution is 5.80. The second kappa shape index (κ2) is 7.99. The van der Waals surface area contributed by atoms with Crippen LogP contribution in [0.1, 0.15) is 26.2 Å². The Kier molecular flexibility index (Phi) is 5.73. The Balaban J connectivity index is 1.38. The fraction of sp³-hybridized carbons (Fsp3) is 0.611. The average molecular weight is 352 g/mol. The summed E-state index contributed by atoms with van der Waals surface area (Å²) in [6.07, 6.45) is 3.76. The Hall–Kier alpha value is -1.89. The first kappa shape index (κ1) is 17.9. The highest BCUT2D eigenvalue weighted by Crippen LogP contribution is 2.33. The summed E-state index contributed by atoms with van der Waals surface area (Å²) >= 11 is 0. The summed E-state index contributed by atoms with van der Waals surface area (Å²) < 4.78 is 31.4. The van der Waals surface area contributed by atoms with Crippen LogP contribution in [0, 0.1) is 11.6 Å². The highest BCUT2D eigenvalue weighted by Gasteiger charge is 2.38. The minimum Gasteiger partial charge on any atom is -0.492 e. The molecule has 0 aromatic heterocycles. The smallest absolute Gasteiger partial charge is 0.191 e. The predicted molar refractivity (Wildman–Crippen MR) is 93.9 cm³/mol. The second-order valence-electron chi connectivity index (χ2n) is 6.78. The van der Waals surface area contributed by atoms with Gasteiger partial charge in [-0.05, 0) is 38.3 Å². The van der Waals surface area contributed by atoms with Gasteiger partial charge in [0.05, 0.1) is 6.54 Å². The lowest BCUT2D eigenvalue weighted by atomic mass is 10.2. The topological polar surface area (TPSA) is 48.9 Å². The maximum Gasteiger partial charge on any atom is 0.191 e. The normalized spacial score (nSPS) is 24.4. The quantitative estimate of drug-likeness (QED) is 0.468. The third-order valence-corrected chi connectivity index (χ3v) is 4.76. The number of hydrogen-bond acceptors (Lipinski definition) is 3. The second-order valence-corrected chi connectivity index (χ2v) is 6.78. The zero-order valence-electron chi connectivity index (χ0n) is 14.8. The first-order valence-electron chi connectivity index (χ1n) is 8.87. The van der Waals surface area contributed by atoms with Crippen LogP contribution in [0.5, 0.6) is 5.75 Å². The predicted octanol–water partition coefficient (Wildman–Crippen LogP) is 2.13. The van der Waals surface area contributed by atoms with E-state index in [1.807, 2.05) is 0 Å². The van der Waals surface area contributed by atoms with E-state index in [0.29, 0.717) is 31.0 Å². The number of aliphatic imine (C=N–C) groups is 1. The third-order valence-electron chi connectivity index (χ3n) is 4.76. The maximum absolute atomic E-state index is 13.1. The van der Waals surface area contributed by atoms with Crippen molar-refractivity contribution in [1.82, 2.24) is 15.5 Å². The van der Waals surface area contributed by atoms with Gasteiger partial charge in [-0.1, -0.05) is 0 Å². The Morgan fingerprint density at radius 2 is 2.12 bits per heavy atom. The lowest BCUT2D eigenvalue weighted by molar-refractivity contribution is 0.256. The number of hydrogen-bond donors (Lipinski definition) is 2. The number of benzene rings is 1. The average Bonchev–Trinajstić information content (AvgIpc) is 3.37. The van der Waals surface area contributed by atoms with Crippen molar-refractivity contribution in [2.45, 2.75) is 44.3 Å². The SMILES string of the molecule is CN=C(NCCOc1ccc(F)c(F)c1)NC1CC(C)N(C2CC2)C1. The van der Waals surface area contributed by atoms with Crippen LogP contribution in [0.2, 0.25) is 0 Å². The molecule has 2 aliphatic rings. The summed E-state index contributed by atoms with van der Waals surface area (Å²) in [5.74, 6) is -0.725. The van der Waals surface area contributed by atoms with Crippen molar-refractivity contribution in [3.8, 4) is 5.75 Å². The fourth-order valence-electron chi connectivity index (χ4n) is 3.37. The van der Waals surface area contributed by atoms with Crippen molar-refractivity contribution in [1.29, 1.82) is 0 Å². The van der Waals surface area contributed by atoms with E-state index in [0.717, 1.165) is 37.1 Å². The molecular weight excluding hydrogens is 326 g/mol. The molecule has 1 aromatic carbocycles. The largest absolute Gasteiger partial charge is 0.492 e. The summed E-state index contributed by atoms with van der Waals surface area (Å²) in [6, 6.07) is 5.31. The van der Waals surface area contributed by atoms with Crippen molar-refractivity contribution >= 4 is 5.96 Å². The number of guanidine groups is 1. The van der Waals surface area contributed by atoms with E-state index in [4.69, 9.17) is 4.74 Å². The third kappa shape index (κ3) is 4.81. The highest BCUT2D eigenvalue weighted by atomic mass is 19.2. The van der Waals surface area contributed by atoms with Crippen LogP contribution in [0.3, 0.4) is 0 Å². The van der Waals surface area contributed by atoms with Gasteiger partial charge in [-0.15, -0.1) is 0 Å². The summed E-state index contributed by atoms with van der Waals surface area (Å²) in [5.41, 5.74) is 0. The van der Waals surface area contributed by atoms with Gasteiger partial charge >= 0.3 is 0 Å². The number of nitrogens with one attached hydrogen (secondary N) is 2. The summed E-state index contributed by atoms with van der Waals surface area (Å²) in [7, 11) is 1.74. The van der Waals surface area contributed by atoms with E-state index in [2.05, 4.69) is 27.4 Å². The monoisotopic (exact) mass is 352 g/mol. The van der Waals surface area contributed by atoms with Crippen LogP contribution in [0.4, 0.5) is 8.78 Å². The van der Waals surface area contributed by atoms with Crippen LogP contribution in [-0.4, -0.2) is 55.7 Å². The standard InChI is InChI=1S/C18H26F2N4O/c1-12-9-13(11-24(12)14-3-4-14)23-18(21-2)22-7-8-25-15-5-6-16(19)17(20)10-15/h5-6,10,12-14H,3-4,7-9,11H2,1-2H3,(H2,21,22,23). The van der Waals surface area contributed by atoms with Crippen LogP contribution in [0.25, 0.3) is 0 Å². The molecule has 7 heteroatoms. The number of ether oxygens (including phenoxy) is 1. The lowest BCUT2D eigenvalue weighted by Crippen LogP contribution is -2.45. The van der Waals surface area contributed by atoms with Crippen LogP contribution < -0.4 is 15.4 Å². The van der Waals surface area contributed by atoms with E-state index in [1.165, 1.54) is 18.9 Å². The summed E-state index contributed by atoms with van der Waals surface area (Å²) in [5, 5.41) is 6.65. The maximum atomic E-state index is 13.1. The fourth-order valence-corrected chi connectivity index (χ4v) is 3.37. The molecule has 5 nitrogen and oxygen atoms in total. The molecule has 2 unspecified atom stereocenters. The lowest BCUT2D eigenvalue weighted by Gasteiger charge is -2.20. The zero-order chi connectivity index (χ0) is 17.8. The molecule has 1 heterocycles. The van der Waals surface area contributed by atoms with Crippen molar-refractivity contribution in [3.63, 3.8) is 0 Å².